The molecule has 0 aromatic heterocycles. The van der Waals surface area contributed by atoms with Gasteiger partial charge in [-0.2, -0.15) is 5.26 Å². The third-order valence-corrected chi connectivity index (χ3v) is 5.10. The van der Waals surface area contributed by atoms with Gasteiger partial charge >= 0.3 is 0 Å². The lowest BCUT2D eigenvalue weighted by Crippen LogP contribution is -2.56. The number of rotatable bonds is 0. The number of fused-ring (bicyclic) bond motifs is 1. The molecule has 1 atom stereocenters. The number of hydrogen-bond acceptors (Lipinski definition) is 4. The number of aliphatic imine (C=N–C) groups is 1. The Morgan fingerprint density at radius 2 is 2.09 bits per heavy atom. The predicted molar refractivity (Wildman–Crippen MR) is 83.4 cm³/mol. The zero-order valence-electron chi connectivity index (χ0n) is 12.4. The van der Waals surface area contributed by atoms with Gasteiger partial charge in [0.15, 0.2) is 5.92 Å². The molecule has 1 fully saturated rings. The van der Waals surface area contributed by atoms with Crippen molar-refractivity contribution in [1.82, 2.24) is 5.32 Å². The Morgan fingerprint density at radius 1 is 1.32 bits per heavy atom. The highest BCUT2D eigenvalue weighted by Gasteiger charge is 2.49. The Kier molecular flexibility index (Phi) is 2.93. The predicted octanol–water partition coefficient (Wildman–Crippen LogP) is 1.99. The van der Waals surface area contributed by atoms with Gasteiger partial charge in [0, 0.05) is 12.2 Å². The molecule has 1 amide bonds. The van der Waals surface area contributed by atoms with Gasteiger partial charge in [-0.3, -0.25) is 10.1 Å². The number of benzene rings is 1. The van der Waals surface area contributed by atoms with Crippen molar-refractivity contribution in [3.63, 3.8) is 0 Å². The second-order valence-electron chi connectivity index (χ2n) is 6.33. The molecule has 0 bridgehead atoms. The number of guanidine groups is 1. The molecule has 22 heavy (non-hydrogen) atoms. The Hall–Kier alpha value is -2.35. The molecule has 2 heterocycles. The highest BCUT2D eigenvalue weighted by Crippen LogP contribution is 2.42. The minimum Gasteiger partial charge on any atom is -0.312 e. The van der Waals surface area contributed by atoms with E-state index in [-0.39, 0.29) is 5.91 Å². The van der Waals surface area contributed by atoms with E-state index >= 15 is 0 Å². The second kappa shape index (κ2) is 4.84. The number of amides is 1. The summed E-state index contributed by atoms with van der Waals surface area (Å²) in [5.41, 5.74) is 1.89. The first-order valence-electron chi connectivity index (χ1n) is 7.89. The quantitative estimate of drug-likeness (QED) is 0.795. The lowest BCUT2D eigenvalue weighted by atomic mass is 9.82. The summed E-state index contributed by atoms with van der Waals surface area (Å²) >= 11 is 0. The van der Waals surface area contributed by atoms with E-state index in [1.807, 2.05) is 12.1 Å². The standard InChI is InChI=1S/C17H18N4O/c18-11-13-15(22)19-16(20-17(13)8-3-4-9-17)21-10-7-12-5-1-2-6-14(12)21/h1-2,5-6,13H,3-4,7-10H2,(H,19,20,22). The van der Waals surface area contributed by atoms with E-state index in [2.05, 4.69) is 28.4 Å². The first-order valence-corrected chi connectivity index (χ1v) is 7.89. The van der Waals surface area contributed by atoms with Gasteiger partial charge in [-0.05, 0) is 30.9 Å². The number of carbonyl (C=O) groups excluding carboxylic acids is 1. The lowest BCUT2D eigenvalue weighted by Gasteiger charge is -2.36. The summed E-state index contributed by atoms with van der Waals surface area (Å²) in [6, 6.07) is 10.4. The summed E-state index contributed by atoms with van der Waals surface area (Å²) in [5, 5.41) is 12.3. The van der Waals surface area contributed by atoms with Crippen molar-refractivity contribution in [2.24, 2.45) is 10.9 Å². The average molecular weight is 294 g/mol. The van der Waals surface area contributed by atoms with Crippen LogP contribution in [-0.4, -0.2) is 24.0 Å². The zero-order chi connectivity index (χ0) is 15.2. The van der Waals surface area contributed by atoms with Crippen molar-refractivity contribution in [3.05, 3.63) is 29.8 Å². The van der Waals surface area contributed by atoms with E-state index in [1.54, 1.807) is 0 Å². The SMILES string of the molecule is N#CC1C(=O)NC(N2CCc3ccccc32)=NC12CCCC2. The fraction of sp³-hybridized carbons (Fsp3) is 0.471. The molecular weight excluding hydrogens is 276 g/mol. The molecule has 5 nitrogen and oxygen atoms in total. The van der Waals surface area contributed by atoms with Gasteiger partial charge in [0.1, 0.15) is 0 Å². The van der Waals surface area contributed by atoms with Crippen LogP contribution in [0.5, 0.6) is 0 Å². The van der Waals surface area contributed by atoms with Gasteiger partial charge in [-0.25, -0.2) is 4.99 Å². The maximum atomic E-state index is 12.4. The molecule has 5 heteroatoms. The summed E-state index contributed by atoms with van der Waals surface area (Å²) in [6.07, 6.45) is 4.70. The van der Waals surface area contributed by atoms with Crippen LogP contribution < -0.4 is 10.2 Å². The van der Waals surface area contributed by atoms with Gasteiger partial charge in [0.05, 0.1) is 11.6 Å². The molecule has 112 valence electrons. The topological polar surface area (TPSA) is 68.5 Å². The molecule has 1 N–H and O–H groups in total. The van der Waals surface area contributed by atoms with E-state index < -0.39 is 11.5 Å². The van der Waals surface area contributed by atoms with Crippen LogP contribution in [0.15, 0.2) is 29.3 Å². The van der Waals surface area contributed by atoms with Gasteiger partial charge in [0.25, 0.3) is 0 Å². The van der Waals surface area contributed by atoms with Crippen LogP contribution in [0, 0.1) is 17.2 Å². The summed E-state index contributed by atoms with van der Waals surface area (Å²) in [7, 11) is 0. The van der Waals surface area contributed by atoms with E-state index in [0.717, 1.165) is 44.3 Å². The molecule has 4 rings (SSSR count). The monoisotopic (exact) mass is 294 g/mol. The molecule has 2 aliphatic heterocycles. The van der Waals surface area contributed by atoms with E-state index in [4.69, 9.17) is 4.99 Å². The van der Waals surface area contributed by atoms with Crippen molar-refractivity contribution >= 4 is 17.6 Å². The Balaban J connectivity index is 1.75. The lowest BCUT2D eigenvalue weighted by molar-refractivity contribution is -0.124. The first-order chi connectivity index (χ1) is 10.7. The minimum absolute atomic E-state index is 0.196. The summed E-state index contributed by atoms with van der Waals surface area (Å²) in [4.78, 5) is 19.4. The Morgan fingerprint density at radius 3 is 2.86 bits per heavy atom. The van der Waals surface area contributed by atoms with Crippen LogP contribution in [0.1, 0.15) is 31.2 Å². The number of para-hydroxylation sites is 1. The third-order valence-electron chi connectivity index (χ3n) is 5.10. The van der Waals surface area contributed by atoms with Crippen LogP contribution in [0.4, 0.5) is 5.69 Å². The molecule has 3 aliphatic rings. The molecule has 1 aromatic rings. The molecule has 1 saturated carbocycles. The number of hydrogen-bond donors (Lipinski definition) is 1. The average Bonchev–Trinajstić information content (AvgIpc) is 3.14. The normalized spacial score (nSPS) is 25.6. The Labute approximate surface area is 129 Å². The second-order valence-corrected chi connectivity index (χ2v) is 6.33. The number of nitrogens with zero attached hydrogens (tertiary/aromatic N) is 3. The largest absolute Gasteiger partial charge is 0.312 e. The maximum Gasteiger partial charge on any atom is 0.246 e. The highest BCUT2D eigenvalue weighted by molar-refractivity contribution is 6.09. The fourth-order valence-corrected chi connectivity index (χ4v) is 3.98. The van der Waals surface area contributed by atoms with Crippen molar-refractivity contribution in [2.75, 3.05) is 11.4 Å². The number of carbonyl (C=O) groups is 1. The summed E-state index contributed by atoms with van der Waals surface area (Å²) in [5.74, 6) is -0.223. The molecule has 1 unspecified atom stereocenters. The molecule has 0 saturated heterocycles. The van der Waals surface area contributed by atoms with Crippen molar-refractivity contribution in [2.45, 2.75) is 37.6 Å². The molecule has 0 radical (unpaired) electrons. The third kappa shape index (κ3) is 1.83. The van der Waals surface area contributed by atoms with Gasteiger partial charge in [-0.15, -0.1) is 0 Å². The highest BCUT2D eigenvalue weighted by atomic mass is 16.2. The van der Waals surface area contributed by atoms with Crippen LogP contribution in [0.3, 0.4) is 0 Å². The van der Waals surface area contributed by atoms with Crippen LogP contribution >= 0.6 is 0 Å². The zero-order valence-corrected chi connectivity index (χ0v) is 12.4. The van der Waals surface area contributed by atoms with E-state index in [1.165, 1.54) is 5.56 Å². The fourth-order valence-electron chi connectivity index (χ4n) is 3.98. The molecule has 1 aliphatic carbocycles. The van der Waals surface area contributed by atoms with Crippen molar-refractivity contribution in [1.29, 1.82) is 5.26 Å². The summed E-state index contributed by atoms with van der Waals surface area (Å²) in [6.45, 7) is 0.825. The number of nitriles is 1. The van der Waals surface area contributed by atoms with Crippen molar-refractivity contribution < 1.29 is 4.79 Å². The van der Waals surface area contributed by atoms with Gasteiger partial charge in [-0.1, -0.05) is 31.0 Å². The van der Waals surface area contributed by atoms with Crippen LogP contribution in [-0.2, 0) is 11.2 Å². The number of anilines is 1. The number of nitrogens with one attached hydrogen (secondary N) is 1. The van der Waals surface area contributed by atoms with Crippen molar-refractivity contribution in [3.8, 4) is 6.07 Å². The maximum absolute atomic E-state index is 12.4. The molecule has 1 spiro atoms. The summed E-state index contributed by atoms with van der Waals surface area (Å²) < 4.78 is 0. The van der Waals surface area contributed by atoms with Crippen LogP contribution in [0.2, 0.25) is 0 Å². The first kappa shape index (κ1) is 13.3. The van der Waals surface area contributed by atoms with Gasteiger partial charge in [0.2, 0.25) is 11.9 Å². The molecule has 1 aromatic carbocycles. The minimum atomic E-state index is -0.656. The Bertz CT molecular complexity index is 697. The van der Waals surface area contributed by atoms with E-state index in [0.29, 0.717) is 5.96 Å². The smallest absolute Gasteiger partial charge is 0.246 e. The van der Waals surface area contributed by atoms with Crippen LogP contribution in [0.25, 0.3) is 0 Å². The van der Waals surface area contributed by atoms with E-state index in [9.17, 15) is 10.1 Å². The van der Waals surface area contributed by atoms with Gasteiger partial charge < -0.3 is 4.90 Å². The molecular formula is C17H18N4O.